The average molecular weight is 547 g/mol. The summed E-state index contributed by atoms with van der Waals surface area (Å²) < 4.78 is 27.9. The lowest BCUT2D eigenvalue weighted by molar-refractivity contribution is -0.149. The number of hydrogen-bond acceptors (Lipinski definition) is 8. The van der Waals surface area contributed by atoms with Gasteiger partial charge in [0.2, 0.25) is 5.90 Å². The van der Waals surface area contributed by atoms with Crippen LogP contribution in [0.3, 0.4) is 0 Å². The highest BCUT2D eigenvalue weighted by molar-refractivity contribution is 5.96. The van der Waals surface area contributed by atoms with Crippen molar-refractivity contribution in [3.05, 3.63) is 102 Å². The molecule has 1 heterocycles. The van der Waals surface area contributed by atoms with Gasteiger partial charge in [-0.3, -0.25) is 0 Å². The van der Waals surface area contributed by atoms with Crippen molar-refractivity contribution in [1.29, 1.82) is 0 Å². The van der Waals surface area contributed by atoms with E-state index >= 15 is 0 Å². The molecule has 8 nitrogen and oxygen atoms in total. The van der Waals surface area contributed by atoms with Crippen molar-refractivity contribution in [3.63, 3.8) is 0 Å². The van der Waals surface area contributed by atoms with E-state index in [0.29, 0.717) is 45.3 Å². The van der Waals surface area contributed by atoms with Crippen LogP contribution in [0, 0.1) is 0 Å². The predicted molar refractivity (Wildman–Crippen MR) is 154 cm³/mol. The number of hydrogen-bond donors (Lipinski definition) is 1. The molecule has 0 bridgehead atoms. The van der Waals surface area contributed by atoms with Gasteiger partial charge in [-0.1, -0.05) is 60.7 Å². The first-order valence-corrected chi connectivity index (χ1v) is 13.7. The minimum absolute atomic E-state index is 0.101. The van der Waals surface area contributed by atoms with Crippen LogP contribution in [-0.2, 0) is 30.2 Å². The van der Waals surface area contributed by atoms with Gasteiger partial charge in [0.25, 0.3) is 0 Å². The normalized spacial score (nSPS) is 18.1. The lowest BCUT2D eigenvalue weighted by atomic mass is 9.85. The molecule has 2 N–H and O–H groups in total. The quantitative estimate of drug-likeness (QED) is 0.208. The summed E-state index contributed by atoms with van der Waals surface area (Å²) in [4.78, 5) is 16.8. The van der Waals surface area contributed by atoms with Crippen LogP contribution in [0.1, 0.15) is 36.1 Å². The fraction of sp³-hybridized carbons (Fsp3) is 0.375. The number of rotatable bonds is 16. The lowest BCUT2D eigenvalue weighted by Crippen LogP contribution is -2.30. The van der Waals surface area contributed by atoms with Crippen molar-refractivity contribution in [2.75, 3.05) is 46.2 Å². The van der Waals surface area contributed by atoms with Crippen molar-refractivity contribution in [3.8, 4) is 5.75 Å². The van der Waals surface area contributed by atoms with Crippen molar-refractivity contribution < 1.29 is 28.5 Å². The number of carbonyl (C=O) groups excluding carboxylic acids is 1. The lowest BCUT2D eigenvalue weighted by Gasteiger charge is -2.28. The summed E-state index contributed by atoms with van der Waals surface area (Å²) in [6.07, 6.45) is 1.13. The highest BCUT2D eigenvalue weighted by atomic mass is 16.6. The van der Waals surface area contributed by atoms with E-state index < -0.39 is 11.5 Å². The van der Waals surface area contributed by atoms with E-state index in [1.165, 1.54) is 5.56 Å². The molecule has 3 aromatic carbocycles. The molecule has 0 aromatic heterocycles. The Balaban J connectivity index is 1.26. The standard InChI is InChI=1S/C32H38N2O6/c1-32(23-25-9-4-2-5-10-25)30(26-11-6-3-7-12-26)40-31(34-32)27-13-15-28(16-14-27)38-18-8-19-39-29(35)24-37-22-21-36-20-17-33/h2-7,9-16,30H,8,17-24,33H2,1H3/t30-,32-/m0/s1. The fourth-order valence-electron chi connectivity index (χ4n) is 4.51. The smallest absolute Gasteiger partial charge is 0.332 e. The van der Waals surface area contributed by atoms with Gasteiger partial charge in [0.15, 0.2) is 6.10 Å². The van der Waals surface area contributed by atoms with Crippen LogP contribution in [-0.4, -0.2) is 63.6 Å². The molecule has 0 spiro atoms. The highest BCUT2D eigenvalue weighted by Crippen LogP contribution is 2.41. The fourth-order valence-corrected chi connectivity index (χ4v) is 4.51. The first-order valence-electron chi connectivity index (χ1n) is 13.7. The molecule has 0 fully saturated rings. The van der Waals surface area contributed by atoms with E-state index in [-0.39, 0.29) is 19.3 Å². The topological polar surface area (TPSA) is 102 Å². The predicted octanol–water partition coefficient (Wildman–Crippen LogP) is 4.51. The van der Waals surface area contributed by atoms with E-state index in [2.05, 4.69) is 43.3 Å². The molecule has 0 amide bonds. The van der Waals surface area contributed by atoms with Crippen molar-refractivity contribution in [1.82, 2.24) is 0 Å². The molecule has 1 aliphatic heterocycles. The number of carbonyl (C=O) groups is 1. The molecule has 3 aromatic rings. The molecule has 4 rings (SSSR count). The average Bonchev–Trinajstić information content (AvgIpc) is 3.32. The van der Waals surface area contributed by atoms with Gasteiger partial charge in [0, 0.05) is 24.9 Å². The molecule has 40 heavy (non-hydrogen) atoms. The molecule has 2 atom stereocenters. The molecule has 212 valence electrons. The van der Waals surface area contributed by atoms with E-state index in [4.69, 9.17) is 34.4 Å². The monoisotopic (exact) mass is 546 g/mol. The Morgan fingerprint density at radius 3 is 2.30 bits per heavy atom. The molecule has 8 heteroatoms. The second-order valence-corrected chi connectivity index (χ2v) is 9.75. The number of esters is 1. The third-order valence-corrected chi connectivity index (χ3v) is 6.43. The number of ether oxygens (including phenoxy) is 5. The van der Waals surface area contributed by atoms with E-state index in [1.54, 1.807) is 0 Å². The first kappa shape index (κ1) is 29.3. The maximum Gasteiger partial charge on any atom is 0.332 e. The van der Waals surface area contributed by atoms with Gasteiger partial charge >= 0.3 is 5.97 Å². The summed E-state index contributed by atoms with van der Waals surface area (Å²) in [7, 11) is 0. The van der Waals surface area contributed by atoms with Crippen LogP contribution < -0.4 is 10.5 Å². The van der Waals surface area contributed by atoms with Crippen molar-refractivity contribution in [2.24, 2.45) is 10.7 Å². The second kappa shape index (κ2) is 15.2. The Hall–Kier alpha value is -3.72. The van der Waals surface area contributed by atoms with Crippen LogP contribution >= 0.6 is 0 Å². The molecule has 0 aliphatic carbocycles. The summed E-state index contributed by atoms with van der Waals surface area (Å²) in [5.74, 6) is 0.939. The third-order valence-electron chi connectivity index (χ3n) is 6.43. The minimum atomic E-state index is -0.450. The van der Waals surface area contributed by atoms with Crippen LogP contribution in [0.15, 0.2) is 89.9 Å². The number of aliphatic imine (C=N–C) groups is 1. The van der Waals surface area contributed by atoms with E-state index in [1.807, 2.05) is 48.5 Å². The van der Waals surface area contributed by atoms with Gasteiger partial charge in [0.1, 0.15) is 17.9 Å². The van der Waals surface area contributed by atoms with Crippen molar-refractivity contribution >= 4 is 11.9 Å². The van der Waals surface area contributed by atoms with Gasteiger partial charge in [-0.15, -0.1) is 0 Å². The molecule has 0 radical (unpaired) electrons. The zero-order valence-corrected chi connectivity index (χ0v) is 23.0. The van der Waals surface area contributed by atoms with Gasteiger partial charge in [-0.25, -0.2) is 9.79 Å². The molecular formula is C32H38N2O6. The summed E-state index contributed by atoms with van der Waals surface area (Å²) in [6.45, 7) is 4.39. The summed E-state index contributed by atoms with van der Waals surface area (Å²) >= 11 is 0. The first-order chi connectivity index (χ1) is 19.6. The molecule has 1 aliphatic rings. The molecular weight excluding hydrogens is 508 g/mol. The number of benzene rings is 3. The zero-order valence-electron chi connectivity index (χ0n) is 23.0. The largest absolute Gasteiger partial charge is 0.493 e. The summed E-state index contributed by atoms with van der Waals surface area (Å²) in [5.41, 5.74) is 8.10. The van der Waals surface area contributed by atoms with E-state index in [0.717, 1.165) is 23.3 Å². The second-order valence-electron chi connectivity index (χ2n) is 9.75. The van der Waals surface area contributed by atoms with Crippen molar-refractivity contribution in [2.45, 2.75) is 31.4 Å². The molecule has 0 unspecified atom stereocenters. The summed E-state index contributed by atoms with van der Waals surface area (Å²) in [6, 6.07) is 28.4. The Bertz CT molecular complexity index is 1200. The van der Waals surface area contributed by atoms with Gasteiger partial charge in [-0.05, 0) is 42.3 Å². The van der Waals surface area contributed by atoms with Crippen LogP contribution in [0.5, 0.6) is 5.75 Å². The highest BCUT2D eigenvalue weighted by Gasteiger charge is 2.43. The molecule has 0 saturated heterocycles. The van der Waals surface area contributed by atoms with Gasteiger partial charge in [-0.2, -0.15) is 0 Å². The van der Waals surface area contributed by atoms with Crippen LogP contribution in [0.25, 0.3) is 0 Å². The maximum absolute atomic E-state index is 11.7. The Morgan fingerprint density at radius 2 is 1.57 bits per heavy atom. The zero-order chi connectivity index (χ0) is 28.0. The van der Waals surface area contributed by atoms with E-state index in [9.17, 15) is 4.79 Å². The summed E-state index contributed by atoms with van der Waals surface area (Å²) in [5, 5.41) is 0. The Morgan fingerprint density at radius 1 is 0.875 bits per heavy atom. The molecule has 0 saturated carbocycles. The minimum Gasteiger partial charge on any atom is -0.493 e. The number of nitrogens with zero attached hydrogens (tertiary/aromatic N) is 1. The maximum atomic E-state index is 11.7. The third kappa shape index (κ3) is 8.64. The SMILES string of the molecule is C[C@@]1(Cc2ccccc2)N=C(c2ccc(OCCCOC(=O)COCCOCCN)cc2)O[C@H]1c1ccccc1. The van der Waals surface area contributed by atoms with Gasteiger partial charge < -0.3 is 29.4 Å². The van der Waals surface area contributed by atoms with Gasteiger partial charge in [0.05, 0.1) is 33.0 Å². The Kier molecular flexibility index (Phi) is 11.1. The van der Waals surface area contributed by atoms with Crippen LogP contribution in [0.4, 0.5) is 0 Å². The Labute approximate surface area is 236 Å². The number of nitrogens with two attached hydrogens (primary N) is 1. The van der Waals surface area contributed by atoms with Crippen LogP contribution in [0.2, 0.25) is 0 Å².